The third kappa shape index (κ3) is 4.22. The minimum Gasteiger partial charge on any atom is -0.497 e. The van der Waals surface area contributed by atoms with Crippen molar-refractivity contribution in [2.24, 2.45) is 11.7 Å². The maximum Gasteiger partial charge on any atom is 0.222 e. The Hall–Kier alpha value is -4.00. The summed E-state index contributed by atoms with van der Waals surface area (Å²) < 4.78 is 5.40. The Kier molecular flexibility index (Phi) is 5.60. The summed E-state index contributed by atoms with van der Waals surface area (Å²) in [6.07, 6.45) is 5.18. The van der Waals surface area contributed by atoms with Crippen molar-refractivity contribution in [3.63, 3.8) is 0 Å². The van der Waals surface area contributed by atoms with Gasteiger partial charge >= 0.3 is 0 Å². The molecule has 0 saturated carbocycles. The zero-order chi connectivity index (χ0) is 22.8. The topological polar surface area (TPSA) is 94.2 Å². The lowest BCUT2D eigenvalue weighted by molar-refractivity contribution is -0.122. The molecular weight excluding hydrogens is 414 g/mol. The summed E-state index contributed by atoms with van der Waals surface area (Å²) in [6.45, 7) is 1.36. The van der Waals surface area contributed by atoms with Gasteiger partial charge in [-0.2, -0.15) is 0 Å². The number of nitrogens with zero attached hydrogens (tertiary/aromatic N) is 4. The van der Waals surface area contributed by atoms with Crippen LogP contribution in [0.3, 0.4) is 0 Å². The van der Waals surface area contributed by atoms with Crippen molar-refractivity contribution in [1.82, 2.24) is 15.0 Å². The molecule has 2 N–H and O–H groups in total. The summed E-state index contributed by atoms with van der Waals surface area (Å²) >= 11 is 0. The van der Waals surface area contributed by atoms with Gasteiger partial charge in [-0.3, -0.25) is 9.78 Å². The van der Waals surface area contributed by atoms with E-state index in [0.717, 1.165) is 58.5 Å². The lowest BCUT2D eigenvalue weighted by Crippen LogP contribution is -2.41. The normalized spacial score (nSPS) is 16.0. The van der Waals surface area contributed by atoms with Crippen LogP contribution in [0.4, 0.5) is 5.82 Å². The van der Waals surface area contributed by atoms with Crippen molar-refractivity contribution in [3.05, 3.63) is 67.0 Å². The molecule has 1 aliphatic rings. The molecule has 1 amide bonds. The lowest BCUT2D eigenvalue weighted by atomic mass is 9.97. The molecule has 0 spiro atoms. The molecule has 2 aromatic carbocycles. The second-order valence-corrected chi connectivity index (χ2v) is 8.26. The molecule has 5 rings (SSSR count). The van der Waals surface area contributed by atoms with Gasteiger partial charge in [-0.1, -0.05) is 18.2 Å². The number of piperidine rings is 1. The number of methoxy groups -OCH3 is 1. The SMILES string of the molecule is COc1cccc(-c2ccc3nc(-c4cccnc4)nc(N4CCCC(C(N)=O)C4)c3c2)c1. The number of pyridine rings is 1. The summed E-state index contributed by atoms with van der Waals surface area (Å²) in [5.41, 5.74) is 9.43. The summed E-state index contributed by atoms with van der Waals surface area (Å²) in [7, 11) is 1.66. The average molecular weight is 440 g/mol. The highest BCUT2D eigenvalue weighted by atomic mass is 16.5. The Balaban J connectivity index is 1.66. The zero-order valence-electron chi connectivity index (χ0n) is 18.4. The van der Waals surface area contributed by atoms with Crippen LogP contribution < -0.4 is 15.4 Å². The van der Waals surface area contributed by atoms with E-state index in [1.54, 1.807) is 19.5 Å². The number of nitrogens with two attached hydrogens (primary N) is 1. The first-order valence-electron chi connectivity index (χ1n) is 11.0. The molecule has 1 fully saturated rings. The van der Waals surface area contributed by atoms with Crippen LogP contribution in [-0.2, 0) is 4.79 Å². The van der Waals surface area contributed by atoms with Gasteiger partial charge in [0.05, 0.1) is 18.5 Å². The van der Waals surface area contributed by atoms with Crippen molar-refractivity contribution in [3.8, 4) is 28.3 Å². The fraction of sp³-hybridized carbons (Fsp3) is 0.231. The third-order valence-electron chi connectivity index (χ3n) is 6.12. The lowest BCUT2D eigenvalue weighted by Gasteiger charge is -2.33. The van der Waals surface area contributed by atoms with Crippen molar-refractivity contribution in [1.29, 1.82) is 0 Å². The number of hydrogen-bond donors (Lipinski definition) is 1. The van der Waals surface area contributed by atoms with Crippen molar-refractivity contribution >= 4 is 22.6 Å². The zero-order valence-corrected chi connectivity index (χ0v) is 18.4. The number of ether oxygens (including phenoxy) is 1. The number of carbonyl (C=O) groups is 1. The van der Waals surface area contributed by atoms with E-state index in [1.807, 2.05) is 36.4 Å². The van der Waals surface area contributed by atoms with Gasteiger partial charge in [0.15, 0.2) is 5.82 Å². The Morgan fingerprint density at radius 2 is 1.91 bits per heavy atom. The summed E-state index contributed by atoms with van der Waals surface area (Å²) in [6, 6.07) is 18.0. The van der Waals surface area contributed by atoms with Gasteiger partial charge in [0.1, 0.15) is 11.6 Å². The van der Waals surface area contributed by atoms with Gasteiger partial charge in [-0.25, -0.2) is 9.97 Å². The number of primary amides is 1. The standard InChI is InChI=1S/C26H25N5O2/c1-33-21-8-2-5-17(13-21)18-9-10-23-22(14-18)26(31-12-4-7-20(16-31)24(27)32)30-25(29-23)19-6-3-11-28-15-19/h2-3,5-6,8-11,13-15,20H,4,7,12,16H2,1H3,(H2,27,32). The predicted octanol–water partition coefficient (Wildman–Crippen LogP) is 4.07. The molecule has 7 nitrogen and oxygen atoms in total. The summed E-state index contributed by atoms with van der Waals surface area (Å²) in [4.78, 5) is 28.1. The monoisotopic (exact) mass is 439 g/mol. The molecule has 1 saturated heterocycles. The number of fused-ring (bicyclic) bond motifs is 1. The molecule has 1 unspecified atom stereocenters. The quantitative estimate of drug-likeness (QED) is 0.504. The van der Waals surface area contributed by atoms with E-state index in [9.17, 15) is 4.79 Å². The van der Waals surface area contributed by atoms with E-state index in [-0.39, 0.29) is 11.8 Å². The Morgan fingerprint density at radius 3 is 2.70 bits per heavy atom. The summed E-state index contributed by atoms with van der Waals surface area (Å²) in [5.74, 6) is 1.78. The average Bonchev–Trinajstić information content (AvgIpc) is 2.88. The number of aromatic nitrogens is 3. The molecule has 0 radical (unpaired) electrons. The second kappa shape index (κ2) is 8.86. The van der Waals surface area contributed by atoms with Crippen LogP contribution in [0.2, 0.25) is 0 Å². The van der Waals surface area contributed by atoms with Gasteiger partial charge in [-0.05, 0) is 60.4 Å². The summed E-state index contributed by atoms with van der Waals surface area (Å²) in [5, 5.41) is 0.938. The highest BCUT2D eigenvalue weighted by molar-refractivity contribution is 5.94. The molecule has 7 heteroatoms. The molecule has 1 atom stereocenters. The molecule has 4 aromatic rings. The number of hydrogen-bond acceptors (Lipinski definition) is 6. The Labute approximate surface area is 192 Å². The largest absolute Gasteiger partial charge is 0.497 e. The minimum absolute atomic E-state index is 0.188. The molecular formula is C26H25N5O2. The molecule has 33 heavy (non-hydrogen) atoms. The Morgan fingerprint density at radius 1 is 1.06 bits per heavy atom. The first-order chi connectivity index (χ1) is 16.1. The van der Waals surface area contributed by atoms with E-state index in [2.05, 4.69) is 28.1 Å². The van der Waals surface area contributed by atoms with Crippen LogP contribution in [-0.4, -0.2) is 41.1 Å². The van der Waals surface area contributed by atoms with Crippen LogP contribution in [0, 0.1) is 5.92 Å². The van der Waals surface area contributed by atoms with Crippen molar-refractivity contribution in [2.75, 3.05) is 25.1 Å². The number of anilines is 1. The van der Waals surface area contributed by atoms with E-state index >= 15 is 0 Å². The number of carbonyl (C=O) groups excluding carboxylic acids is 1. The maximum atomic E-state index is 11.9. The molecule has 1 aliphatic heterocycles. The molecule has 0 aliphatic carbocycles. The highest BCUT2D eigenvalue weighted by Gasteiger charge is 2.26. The molecule has 2 aromatic heterocycles. The van der Waals surface area contributed by atoms with Crippen LogP contribution in [0.25, 0.3) is 33.4 Å². The number of rotatable bonds is 5. The first kappa shape index (κ1) is 20.9. The predicted molar refractivity (Wildman–Crippen MR) is 129 cm³/mol. The van der Waals surface area contributed by atoms with Gasteiger partial charge in [-0.15, -0.1) is 0 Å². The van der Waals surface area contributed by atoms with Gasteiger partial charge < -0.3 is 15.4 Å². The first-order valence-corrected chi connectivity index (χ1v) is 11.0. The van der Waals surface area contributed by atoms with Crippen LogP contribution in [0.5, 0.6) is 5.75 Å². The van der Waals surface area contributed by atoms with Gasteiger partial charge in [0.25, 0.3) is 0 Å². The Bertz CT molecular complexity index is 1310. The van der Waals surface area contributed by atoms with E-state index in [4.69, 9.17) is 20.4 Å². The number of benzene rings is 2. The third-order valence-corrected chi connectivity index (χ3v) is 6.12. The fourth-order valence-corrected chi connectivity index (χ4v) is 4.36. The molecule has 166 valence electrons. The molecule has 3 heterocycles. The number of amides is 1. The highest BCUT2D eigenvalue weighted by Crippen LogP contribution is 2.34. The smallest absolute Gasteiger partial charge is 0.222 e. The van der Waals surface area contributed by atoms with Crippen LogP contribution in [0.1, 0.15) is 12.8 Å². The van der Waals surface area contributed by atoms with E-state index in [0.29, 0.717) is 12.4 Å². The van der Waals surface area contributed by atoms with Gasteiger partial charge in [0.2, 0.25) is 5.91 Å². The minimum atomic E-state index is -0.261. The van der Waals surface area contributed by atoms with Crippen LogP contribution >= 0.6 is 0 Å². The van der Waals surface area contributed by atoms with Crippen molar-refractivity contribution in [2.45, 2.75) is 12.8 Å². The van der Waals surface area contributed by atoms with E-state index in [1.165, 1.54) is 0 Å². The van der Waals surface area contributed by atoms with Gasteiger partial charge in [0, 0.05) is 36.4 Å². The van der Waals surface area contributed by atoms with E-state index < -0.39 is 0 Å². The van der Waals surface area contributed by atoms with Crippen LogP contribution in [0.15, 0.2) is 67.0 Å². The van der Waals surface area contributed by atoms with Crippen molar-refractivity contribution < 1.29 is 9.53 Å². The second-order valence-electron chi connectivity index (χ2n) is 8.26. The maximum absolute atomic E-state index is 11.9. The molecule has 0 bridgehead atoms. The fourth-order valence-electron chi connectivity index (χ4n) is 4.36.